The zero-order valence-corrected chi connectivity index (χ0v) is 11.8. The Morgan fingerprint density at radius 3 is 2.57 bits per heavy atom. The van der Waals surface area contributed by atoms with Crippen molar-refractivity contribution >= 4 is 0 Å². The molecule has 6 heteroatoms. The highest BCUT2D eigenvalue weighted by molar-refractivity contribution is 5.13. The van der Waals surface area contributed by atoms with Gasteiger partial charge in [-0.25, -0.2) is 0 Å². The van der Waals surface area contributed by atoms with E-state index < -0.39 is 37.3 Å². The average Bonchev–Trinajstić information content (AvgIpc) is 2.50. The number of aliphatic hydroxyl groups excluding tert-OH is 3. The minimum Gasteiger partial charge on any atom is -0.387 e. The molecule has 3 N–H and O–H groups in total. The molecule has 0 bridgehead atoms. The van der Waals surface area contributed by atoms with Gasteiger partial charge in [-0.15, -0.1) is 0 Å². The van der Waals surface area contributed by atoms with Crippen molar-refractivity contribution in [3.8, 4) is 0 Å². The maximum atomic E-state index is 10.2. The van der Waals surface area contributed by atoms with E-state index >= 15 is 0 Å². The number of aliphatic hydroxyl groups is 3. The van der Waals surface area contributed by atoms with Crippen LogP contribution in [0.2, 0.25) is 0 Å². The zero-order chi connectivity index (χ0) is 16.1. The molecule has 1 aromatic carbocycles. The number of rotatable bonds is 6. The van der Waals surface area contributed by atoms with Crippen molar-refractivity contribution in [3.05, 3.63) is 35.9 Å². The third kappa shape index (κ3) is 4.23. The van der Waals surface area contributed by atoms with Gasteiger partial charge in [-0.05, 0) is 12.5 Å². The van der Waals surface area contributed by atoms with Gasteiger partial charge in [0.05, 0.1) is 14.6 Å². The minimum absolute atomic E-state index is 0.0686. The highest BCUT2D eigenvalue weighted by Gasteiger charge is 2.44. The van der Waals surface area contributed by atoms with E-state index in [1.165, 1.54) is 6.92 Å². The largest absolute Gasteiger partial charge is 0.387 e. The first-order chi connectivity index (χ1) is 10.5. The Morgan fingerprint density at radius 2 is 1.90 bits per heavy atom. The van der Waals surface area contributed by atoms with Gasteiger partial charge in [0.1, 0.15) is 24.4 Å². The molecule has 1 aliphatic rings. The molecule has 0 radical (unpaired) electrons. The summed E-state index contributed by atoms with van der Waals surface area (Å²) in [4.78, 5) is 0. The second-order valence-electron chi connectivity index (χ2n) is 4.88. The molecule has 2 unspecified atom stereocenters. The van der Waals surface area contributed by atoms with Crippen LogP contribution in [0, 0.1) is 0 Å². The highest BCUT2D eigenvalue weighted by Crippen LogP contribution is 2.23. The molecule has 0 aromatic heterocycles. The van der Waals surface area contributed by atoms with Gasteiger partial charge >= 0.3 is 0 Å². The molecule has 1 aromatic rings. The topological polar surface area (TPSA) is 88.4 Å². The molecule has 1 saturated heterocycles. The molecule has 1 aliphatic heterocycles. The first-order valence-electron chi connectivity index (χ1n) is 7.46. The van der Waals surface area contributed by atoms with Gasteiger partial charge in [-0.3, -0.25) is 0 Å². The maximum Gasteiger partial charge on any atom is 0.184 e. The summed E-state index contributed by atoms with van der Waals surface area (Å²) in [7, 11) is 0. The van der Waals surface area contributed by atoms with Crippen molar-refractivity contribution in [2.24, 2.45) is 0 Å². The predicted molar refractivity (Wildman–Crippen MR) is 74.4 cm³/mol. The van der Waals surface area contributed by atoms with Crippen LogP contribution in [-0.4, -0.2) is 59.2 Å². The van der Waals surface area contributed by atoms with Crippen LogP contribution in [0.4, 0.5) is 0 Å². The lowest BCUT2D eigenvalue weighted by Crippen LogP contribution is -2.59. The Bertz CT molecular complexity index is 443. The Labute approximate surface area is 125 Å². The van der Waals surface area contributed by atoms with E-state index in [4.69, 9.17) is 15.6 Å². The Kier molecular flexibility index (Phi) is 5.56. The smallest absolute Gasteiger partial charge is 0.184 e. The van der Waals surface area contributed by atoms with E-state index in [-0.39, 0.29) is 13.2 Å². The fourth-order valence-corrected chi connectivity index (χ4v) is 2.21. The van der Waals surface area contributed by atoms with Crippen LogP contribution < -0.4 is 0 Å². The summed E-state index contributed by atoms with van der Waals surface area (Å²) in [5, 5.41) is 29.9. The van der Waals surface area contributed by atoms with Crippen molar-refractivity contribution in [1.29, 1.82) is 0 Å². The van der Waals surface area contributed by atoms with Gasteiger partial charge in [-0.2, -0.15) is 0 Å². The third-order valence-electron chi connectivity index (χ3n) is 3.37. The van der Waals surface area contributed by atoms with E-state index in [2.05, 4.69) is 0 Å². The molecule has 0 saturated carbocycles. The summed E-state index contributed by atoms with van der Waals surface area (Å²) in [6.07, 6.45) is -5.87. The molecule has 6 nitrogen and oxygen atoms in total. The fourth-order valence-electron chi connectivity index (χ4n) is 2.21. The molecular weight excluding hydrogens is 276 g/mol. The Hall–Kier alpha value is -1.02. The van der Waals surface area contributed by atoms with E-state index in [0.29, 0.717) is 0 Å². The molecule has 1 fully saturated rings. The van der Waals surface area contributed by atoms with Gasteiger partial charge in [0.15, 0.2) is 6.29 Å². The van der Waals surface area contributed by atoms with Crippen LogP contribution in [0.3, 0.4) is 0 Å². The van der Waals surface area contributed by atoms with Crippen molar-refractivity contribution in [3.63, 3.8) is 0 Å². The van der Waals surface area contributed by atoms with Crippen molar-refractivity contribution in [2.45, 2.75) is 44.2 Å². The lowest BCUT2D eigenvalue weighted by Gasteiger charge is -2.40. The summed E-state index contributed by atoms with van der Waals surface area (Å²) < 4.78 is 23.0. The molecule has 6 atom stereocenters. The Balaban J connectivity index is 1.97. The van der Waals surface area contributed by atoms with Crippen LogP contribution in [0.5, 0.6) is 0 Å². The van der Waals surface area contributed by atoms with E-state index in [1.807, 2.05) is 30.3 Å². The van der Waals surface area contributed by atoms with Crippen LogP contribution >= 0.6 is 0 Å². The summed E-state index contributed by atoms with van der Waals surface area (Å²) in [6.45, 7) is 0.878. The molecule has 1 heterocycles. The number of hydrogen-bond donors (Lipinski definition) is 3. The van der Waals surface area contributed by atoms with E-state index in [9.17, 15) is 15.3 Å². The molecule has 21 heavy (non-hydrogen) atoms. The van der Waals surface area contributed by atoms with Crippen LogP contribution in [0.15, 0.2) is 30.3 Å². The van der Waals surface area contributed by atoms with Gasteiger partial charge in [-0.1, -0.05) is 30.3 Å². The molecule has 0 spiro atoms. The lowest BCUT2D eigenvalue weighted by molar-refractivity contribution is -0.297. The summed E-state index contributed by atoms with van der Waals surface area (Å²) >= 11 is 0. The van der Waals surface area contributed by atoms with Gasteiger partial charge < -0.3 is 29.5 Å². The van der Waals surface area contributed by atoms with Crippen molar-refractivity contribution in [2.75, 3.05) is 13.2 Å². The molecule has 2 rings (SSSR count). The molecule has 0 aliphatic carbocycles. The molecule has 118 valence electrons. The Morgan fingerprint density at radius 1 is 1.19 bits per heavy atom. The van der Waals surface area contributed by atoms with Crippen LogP contribution in [-0.2, 0) is 20.8 Å². The molecule has 0 amide bonds. The first kappa shape index (κ1) is 14.9. The van der Waals surface area contributed by atoms with E-state index in [1.54, 1.807) is 0 Å². The summed E-state index contributed by atoms with van der Waals surface area (Å²) in [6, 6.07) is 9.31. The SMILES string of the molecule is [2H]C(C)OC[C@H]1OC(O)[C@H](O)[C@@H](OCc2ccccc2)[C@@H]1O. The monoisotopic (exact) mass is 299 g/mol. The molecular formula is C15H22O6. The summed E-state index contributed by atoms with van der Waals surface area (Å²) in [5.41, 5.74) is 0.885. The van der Waals surface area contributed by atoms with Crippen molar-refractivity contribution < 1.29 is 30.9 Å². The second kappa shape index (κ2) is 7.84. The number of hydrogen-bond acceptors (Lipinski definition) is 6. The fraction of sp³-hybridized carbons (Fsp3) is 0.600. The van der Waals surface area contributed by atoms with E-state index in [0.717, 1.165) is 5.56 Å². The van der Waals surface area contributed by atoms with Crippen LogP contribution in [0.1, 0.15) is 13.9 Å². The first-order valence-corrected chi connectivity index (χ1v) is 6.88. The second-order valence-corrected chi connectivity index (χ2v) is 4.88. The average molecular weight is 299 g/mol. The van der Waals surface area contributed by atoms with Crippen molar-refractivity contribution in [1.82, 2.24) is 0 Å². The normalized spacial score (nSPS) is 35.2. The minimum atomic E-state index is -1.47. The summed E-state index contributed by atoms with van der Waals surface area (Å²) in [5.74, 6) is 0. The number of ether oxygens (including phenoxy) is 3. The van der Waals surface area contributed by atoms with Gasteiger partial charge in [0.25, 0.3) is 0 Å². The predicted octanol–water partition coefficient (Wildman–Crippen LogP) is 0.0473. The van der Waals surface area contributed by atoms with Crippen LogP contribution in [0.25, 0.3) is 0 Å². The zero-order valence-electron chi connectivity index (χ0n) is 12.8. The van der Waals surface area contributed by atoms with Gasteiger partial charge in [0, 0.05) is 6.58 Å². The standard InChI is InChI=1S/C15H22O6/c1-2-19-9-11-12(16)14(13(17)15(18)21-11)20-8-10-6-4-3-5-7-10/h3-7,11-18H,2,8-9H2,1H3/t11-,12-,13-,14+,15?/m1/s1/i2D/t2?,11-,12-,13-,14+,15?. The maximum absolute atomic E-state index is 10.2. The lowest BCUT2D eigenvalue weighted by atomic mass is 9.99. The number of benzene rings is 1. The third-order valence-corrected chi connectivity index (χ3v) is 3.37. The highest BCUT2D eigenvalue weighted by atomic mass is 16.7. The quantitative estimate of drug-likeness (QED) is 0.688. The van der Waals surface area contributed by atoms with Gasteiger partial charge in [0.2, 0.25) is 0 Å².